The summed E-state index contributed by atoms with van der Waals surface area (Å²) < 4.78 is 5.58. The van der Waals surface area contributed by atoms with Gasteiger partial charge in [-0.05, 0) is 49.9 Å². The zero-order valence-electron chi connectivity index (χ0n) is 12.7. The summed E-state index contributed by atoms with van der Waals surface area (Å²) in [6, 6.07) is 6.58. The molecule has 0 radical (unpaired) electrons. The molecule has 3 nitrogen and oxygen atoms in total. The maximum absolute atomic E-state index is 6.01. The van der Waals surface area contributed by atoms with Gasteiger partial charge in [-0.2, -0.15) is 0 Å². The molecule has 0 saturated heterocycles. The maximum atomic E-state index is 6.01. The SMILES string of the molecule is CCCOc1ccc(CC(C)NCC(C)C)cc1N. The Balaban J connectivity index is 2.52. The van der Waals surface area contributed by atoms with E-state index in [4.69, 9.17) is 10.5 Å². The Bertz CT molecular complexity index is 377. The molecule has 1 aromatic carbocycles. The molecular formula is C16H28N2O. The molecule has 3 heteroatoms. The molecule has 0 fully saturated rings. The molecular weight excluding hydrogens is 236 g/mol. The molecule has 0 aliphatic carbocycles. The highest BCUT2D eigenvalue weighted by Crippen LogP contribution is 2.23. The first kappa shape index (κ1) is 15.8. The van der Waals surface area contributed by atoms with Crippen LogP contribution in [0.3, 0.4) is 0 Å². The average Bonchev–Trinajstić information content (AvgIpc) is 2.35. The fourth-order valence-electron chi connectivity index (χ4n) is 1.93. The highest BCUT2D eigenvalue weighted by Gasteiger charge is 2.06. The zero-order chi connectivity index (χ0) is 14.3. The van der Waals surface area contributed by atoms with Crippen molar-refractivity contribution in [2.24, 2.45) is 5.92 Å². The minimum atomic E-state index is 0.462. The van der Waals surface area contributed by atoms with Crippen LogP contribution in [-0.4, -0.2) is 19.2 Å². The van der Waals surface area contributed by atoms with Crippen molar-refractivity contribution in [2.45, 2.75) is 46.6 Å². The van der Waals surface area contributed by atoms with Crippen LogP contribution in [0.2, 0.25) is 0 Å². The van der Waals surface area contributed by atoms with E-state index < -0.39 is 0 Å². The smallest absolute Gasteiger partial charge is 0.142 e. The van der Waals surface area contributed by atoms with Crippen LogP contribution in [0.15, 0.2) is 18.2 Å². The van der Waals surface area contributed by atoms with Crippen LogP contribution in [-0.2, 0) is 6.42 Å². The minimum absolute atomic E-state index is 0.462. The summed E-state index contributed by atoms with van der Waals surface area (Å²) in [5.74, 6) is 1.48. The Kier molecular flexibility index (Phi) is 6.71. The molecule has 0 aliphatic heterocycles. The quantitative estimate of drug-likeness (QED) is 0.709. The van der Waals surface area contributed by atoms with E-state index in [2.05, 4.69) is 39.1 Å². The van der Waals surface area contributed by atoms with Gasteiger partial charge in [0.05, 0.1) is 12.3 Å². The molecule has 0 aliphatic rings. The molecule has 19 heavy (non-hydrogen) atoms. The Morgan fingerprint density at radius 2 is 2.00 bits per heavy atom. The summed E-state index contributed by atoms with van der Waals surface area (Å²) in [4.78, 5) is 0. The summed E-state index contributed by atoms with van der Waals surface area (Å²) in [6.07, 6.45) is 1.99. The lowest BCUT2D eigenvalue weighted by Crippen LogP contribution is -2.31. The van der Waals surface area contributed by atoms with Crippen molar-refractivity contribution in [2.75, 3.05) is 18.9 Å². The van der Waals surface area contributed by atoms with Crippen LogP contribution >= 0.6 is 0 Å². The first-order valence-electron chi connectivity index (χ1n) is 7.27. The van der Waals surface area contributed by atoms with Crippen LogP contribution < -0.4 is 15.8 Å². The second-order valence-electron chi connectivity index (χ2n) is 5.63. The standard InChI is InChI=1S/C16H28N2O/c1-5-8-19-16-7-6-14(10-15(16)17)9-13(4)18-11-12(2)3/h6-7,10,12-13,18H,5,8-9,11,17H2,1-4H3. The summed E-state index contributed by atoms with van der Waals surface area (Å²) >= 11 is 0. The van der Waals surface area contributed by atoms with Gasteiger partial charge in [0.15, 0.2) is 0 Å². The van der Waals surface area contributed by atoms with Crippen LogP contribution in [0.25, 0.3) is 0 Å². The third-order valence-corrected chi connectivity index (χ3v) is 2.95. The van der Waals surface area contributed by atoms with Gasteiger partial charge in [0, 0.05) is 6.04 Å². The Morgan fingerprint density at radius 3 is 2.58 bits per heavy atom. The van der Waals surface area contributed by atoms with E-state index in [1.54, 1.807) is 0 Å². The highest BCUT2D eigenvalue weighted by molar-refractivity contribution is 5.54. The monoisotopic (exact) mass is 264 g/mol. The Hall–Kier alpha value is -1.22. The van der Waals surface area contributed by atoms with Gasteiger partial charge in [-0.3, -0.25) is 0 Å². The van der Waals surface area contributed by atoms with E-state index >= 15 is 0 Å². The number of hydrogen-bond acceptors (Lipinski definition) is 3. The number of nitrogens with one attached hydrogen (secondary N) is 1. The summed E-state index contributed by atoms with van der Waals surface area (Å²) in [6.45, 7) is 10.5. The van der Waals surface area contributed by atoms with Crippen LogP contribution in [0.4, 0.5) is 5.69 Å². The molecule has 0 heterocycles. The van der Waals surface area contributed by atoms with Crippen LogP contribution in [0, 0.1) is 5.92 Å². The lowest BCUT2D eigenvalue weighted by molar-refractivity contribution is 0.319. The van der Waals surface area contributed by atoms with Gasteiger partial charge < -0.3 is 15.8 Å². The highest BCUT2D eigenvalue weighted by atomic mass is 16.5. The summed E-state index contributed by atoms with van der Waals surface area (Å²) in [7, 11) is 0. The molecule has 0 aromatic heterocycles. The number of nitrogen functional groups attached to an aromatic ring is 1. The zero-order valence-corrected chi connectivity index (χ0v) is 12.7. The van der Waals surface area contributed by atoms with Crippen LogP contribution in [0.5, 0.6) is 5.75 Å². The molecule has 1 atom stereocenters. The second-order valence-corrected chi connectivity index (χ2v) is 5.63. The second kappa shape index (κ2) is 8.05. The minimum Gasteiger partial charge on any atom is -0.491 e. The van der Waals surface area contributed by atoms with Crippen molar-refractivity contribution in [1.29, 1.82) is 0 Å². The predicted molar refractivity (Wildman–Crippen MR) is 82.6 cm³/mol. The molecule has 0 amide bonds. The van der Waals surface area contributed by atoms with Crippen molar-refractivity contribution >= 4 is 5.69 Å². The first-order chi connectivity index (χ1) is 9.02. The lowest BCUT2D eigenvalue weighted by atomic mass is 10.1. The number of benzene rings is 1. The van der Waals surface area contributed by atoms with Gasteiger partial charge in [0.2, 0.25) is 0 Å². The average molecular weight is 264 g/mol. The molecule has 1 aromatic rings. The topological polar surface area (TPSA) is 47.3 Å². The molecule has 1 rings (SSSR count). The van der Waals surface area contributed by atoms with E-state index in [0.717, 1.165) is 37.4 Å². The molecule has 108 valence electrons. The predicted octanol–water partition coefficient (Wildman–Crippen LogP) is 3.23. The summed E-state index contributed by atoms with van der Waals surface area (Å²) in [5.41, 5.74) is 8.01. The van der Waals surface area contributed by atoms with E-state index in [-0.39, 0.29) is 0 Å². The lowest BCUT2D eigenvalue weighted by Gasteiger charge is -2.16. The van der Waals surface area contributed by atoms with Crippen molar-refractivity contribution in [3.05, 3.63) is 23.8 Å². The van der Waals surface area contributed by atoms with Crippen molar-refractivity contribution in [3.63, 3.8) is 0 Å². The van der Waals surface area contributed by atoms with Crippen molar-refractivity contribution in [3.8, 4) is 5.75 Å². The molecule has 3 N–H and O–H groups in total. The number of rotatable bonds is 8. The van der Waals surface area contributed by atoms with E-state index in [0.29, 0.717) is 12.0 Å². The molecule has 0 bridgehead atoms. The summed E-state index contributed by atoms with van der Waals surface area (Å²) in [5, 5.41) is 3.53. The number of nitrogens with two attached hydrogens (primary N) is 1. The maximum Gasteiger partial charge on any atom is 0.142 e. The van der Waals surface area contributed by atoms with Gasteiger partial charge in [-0.1, -0.05) is 26.8 Å². The normalized spacial score (nSPS) is 12.7. The van der Waals surface area contributed by atoms with Gasteiger partial charge >= 0.3 is 0 Å². The molecule has 0 saturated carbocycles. The molecule has 0 spiro atoms. The number of anilines is 1. The van der Waals surface area contributed by atoms with E-state index in [9.17, 15) is 0 Å². The van der Waals surface area contributed by atoms with Crippen LogP contribution in [0.1, 0.15) is 39.7 Å². The van der Waals surface area contributed by atoms with E-state index in [1.165, 1.54) is 5.56 Å². The van der Waals surface area contributed by atoms with Gasteiger partial charge in [-0.15, -0.1) is 0 Å². The van der Waals surface area contributed by atoms with Gasteiger partial charge in [0.1, 0.15) is 5.75 Å². The number of hydrogen-bond donors (Lipinski definition) is 2. The largest absolute Gasteiger partial charge is 0.491 e. The Labute approximate surface area is 117 Å². The van der Waals surface area contributed by atoms with Crippen molar-refractivity contribution in [1.82, 2.24) is 5.32 Å². The molecule has 1 unspecified atom stereocenters. The fraction of sp³-hybridized carbons (Fsp3) is 0.625. The Morgan fingerprint density at radius 1 is 1.26 bits per heavy atom. The first-order valence-corrected chi connectivity index (χ1v) is 7.27. The fourth-order valence-corrected chi connectivity index (χ4v) is 1.93. The van der Waals surface area contributed by atoms with Gasteiger partial charge in [0.25, 0.3) is 0 Å². The van der Waals surface area contributed by atoms with Gasteiger partial charge in [-0.25, -0.2) is 0 Å². The number of ether oxygens (including phenoxy) is 1. The third kappa shape index (κ3) is 5.97. The van der Waals surface area contributed by atoms with E-state index in [1.807, 2.05) is 12.1 Å². The third-order valence-electron chi connectivity index (χ3n) is 2.95. The van der Waals surface area contributed by atoms with Crippen molar-refractivity contribution < 1.29 is 4.74 Å².